The van der Waals surface area contributed by atoms with Crippen LogP contribution < -0.4 is 4.74 Å². The minimum absolute atomic E-state index is 0.0625. The van der Waals surface area contributed by atoms with Crippen LogP contribution in [0.25, 0.3) is 10.9 Å². The summed E-state index contributed by atoms with van der Waals surface area (Å²) in [6.07, 6.45) is 28.9. The number of hydrogen-bond acceptors (Lipinski definition) is 4. The van der Waals surface area contributed by atoms with Gasteiger partial charge in [-0.25, -0.2) is 0 Å². The van der Waals surface area contributed by atoms with Crippen LogP contribution in [-0.2, 0) is 4.74 Å². The van der Waals surface area contributed by atoms with Crippen LogP contribution in [0.15, 0.2) is 43.1 Å². The Bertz CT molecular complexity index is 1040. The minimum atomic E-state index is 0.0625. The Morgan fingerprint density at radius 1 is 0.905 bits per heavy atom. The van der Waals surface area contributed by atoms with Gasteiger partial charge in [-0.05, 0) is 67.5 Å². The van der Waals surface area contributed by atoms with E-state index in [1.165, 1.54) is 121 Å². The Kier molecular flexibility index (Phi) is 14.7. The molecule has 4 nitrogen and oxygen atoms in total. The Labute approximate surface area is 257 Å². The van der Waals surface area contributed by atoms with E-state index in [2.05, 4.69) is 47.7 Å². The van der Waals surface area contributed by atoms with Gasteiger partial charge in [-0.3, -0.25) is 9.88 Å². The summed E-state index contributed by atoms with van der Waals surface area (Å²) in [6, 6.07) is 8.83. The van der Waals surface area contributed by atoms with Gasteiger partial charge in [-0.2, -0.15) is 0 Å². The molecule has 3 saturated heterocycles. The van der Waals surface area contributed by atoms with Crippen molar-refractivity contribution in [1.82, 2.24) is 9.88 Å². The molecular formula is C38H60N2O2. The van der Waals surface area contributed by atoms with Crippen LogP contribution in [0.5, 0.6) is 5.75 Å². The number of benzene rings is 1. The van der Waals surface area contributed by atoms with Gasteiger partial charge >= 0.3 is 0 Å². The highest BCUT2D eigenvalue weighted by atomic mass is 16.5. The van der Waals surface area contributed by atoms with Crippen molar-refractivity contribution in [1.29, 1.82) is 0 Å². The highest BCUT2D eigenvalue weighted by Gasteiger charge is 2.43. The highest BCUT2D eigenvalue weighted by Crippen LogP contribution is 2.43. The first-order valence-electron chi connectivity index (χ1n) is 17.7. The molecular weight excluding hydrogens is 516 g/mol. The molecule has 1 unspecified atom stereocenters. The van der Waals surface area contributed by atoms with Gasteiger partial charge in [0, 0.05) is 30.8 Å². The van der Waals surface area contributed by atoms with Crippen molar-refractivity contribution in [2.24, 2.45) is 11.8 Å². The maximum Gasteiger partial charge on any atom is 0.119 e. The average Bonchev–Trinajstić information content (AvgIpc) is 3.04. The van der Waals surface area contributed by atoms with Crippen molar-refractivity contribution in [2.45, 2.75) is 135 Å². The van der Waals surface area contributed by atoms with E-state index in [1.807, 2.05) is 12.3 Å². The molecule has 4 heteroatoms. The Balaban J connectivity index is 1.19. The number of ether oxygens (including phenoxy) is 2. The molecule has 0 N–H and O–H groups in total. The lowest BCUT2D eigenvalue weighted by Crippen LogP contribution is -2.55. The number of piperidine rings is 3. The van der Waals surface area contributed by atoms with E-state index in [1.54, 1.807) is 7.11 Å². The number of pyridine rings is 1. The number of fused-ring (bicyclic) bond motifs is 4. The zero-order valence-electron chi connectivity index (χ0n) is 27.0. The molecule has 1 aromatic heterocycles. The van der Waals surface area contributed by atoms with Crippen molar-refractivity contribution in [3.63, 3.8) is 0 Å². The SMILES string of the molecule is C=C[C@H]1CN2CC[C@H]1C[C@H]2[C@H](OCCCCCCCCCCCCCCCCCC)c1ccnc2ccc(OC)cc12. The fraction of sp³-hybridized carbons (Fsp3) is 0.711. The van der Waals surface area contributed by atoms with Gasteiger partial charge in [-0.15, -0.1) is 6.58 Å². The normalized spacial score (nSPS) is 22.4. The van der Waals surface area contributed by atoms with Crippen LogP contribution in [0.2, 0.25) is 0 Å². The summed E-state index contributed by atoms with van der Waals surface area (Å²) in [5.41, 5.74) is 2.28. The summed E-state index contributed by atoms with van der Waals surface area (Å²) in [5.74, 6) is 2.22. The summed E-state index contributed by atoms with van der Waals surface area (Å²) < 4.78 is 12.4. The predicted octanol–water partition coefficient (Wildman–Crippen LogP) is 10.5. The smallest absolute Gasteiger partial charge is 0.119 e. The van der Waals surface area contributed by atoms with Crippen molar-refractivity contribution < 1.29 is 9.47 Å². The van der Waals surface area contributed by atoms with Crippen LogP contribution in [-0.4, -0.2) is 42.7 Å². The van der Waals surface area contributed by atoms with Crippen molar-refractivity contribution >= 4 is 10.9 Å². The van der Waals surface area contributed by atoms with Gasteiger partial charge in [-0.1, -0.05) is 109 Å². The van der Waals surface area contributed by atoms with E-state index >= 15 is 0 Å². The van der Waals surface area contributed by atoms with Crippen LogP contribution in [0.1, 0.15) is 134 Å². The molecule has 0 amide bonds. The fourth-order valence-electron chi connectivity index (χ4n) is 7.48. The molecule has 3 fully saturated rings. The second-order valence-electron chi connectivity index (χ2n) is 13.1. The van der Waals surface area contributed by atoms with Crippen molar-refractivity contribution in [3.8, 4) is 5.75 Å². The van der Waals surface area contributed by atoms with Crippen LogP contribution >= 0.6 is 0 Å². The minimum Gasteiger partial charge on any atom is -0.497 e. The quantitative estimate of drug-likeness (QED) is 0.103. The summed E-state index contributed by atoms with van der Waals surface area (Å²) in [6.45, 7) is 9.55. The highest BCUT2D eigenvalue weighted by molar-refractivity contribution is 5.84. The zero-order chi connectivity index (χ0) is 29.4. The van der Waals surface area contributed by atoms with E-state index in [9.17, 15) is 0 Å². The Morgan fingerprint density at radius 2 is 1.55 bits per heavy atom. The van der Waals surface area contributed by atoms with Crippen LogP contribution in [0.4, 0.5) is 0 Å². The van der Waals surface area contributed by atoms with Gasteiger partial charge in [0.15, 0.2) is 0 Å². The lowest BCUT2D eigenvalue weighted by molar-refractivity contribution is -0.0754. The molecule has 5 atom stereocenters. The number of unbranched alkanes of at least 4 members (excludes halogenated alkanes) is 15. The first-order valence-corrected chi connectivity index (χ1v) is 17.7. The first-order chi connectivity index (χ1) is 20.7. The first kappa shape index (κ1) is 33.0. The standard InChI is InChI=1S/C38H60N2O2/c1-4-6-7-8-9-10-11-12-13-14-15-16-17-18-19-20-27-42-38(37-28-32-24-26-40(37)30-31(32)5-2)34-23-25-39-36-22-21-33(41-3)29-35(34)36/h5,21-23,25,29,31-32,37-38H,2,4,6-20,24,26-28,30H2,1,3H3/t31-,32-,37-,38+/m0/s1. The lowest BCUT2D eigenvalue weighted by atomic mass is 9.73. The molecule has 0 spiro atoms. The maximum atomic E-state index is 6.85. The Morgan fingerprint density at radius 3 is 2.12 bits per heavy atom. The average molecular weight is 577 g/mol. The third-order valence-electron chi connectivity index (χ3n) is 10.1. The largest absolute Gasteiger partial charge is 0.497 e. The molecule has 3 aliphatic rings. The summed E-state index contributed by atoms with van der Waals surface area (Å²) in [7, 11) is 1.74. The Hall–Kier alpha value is -1.91. The van der Waals surface area contributed by atoms with Gasteiger partial charge in [0.2, 0.25) is 0 Å². The predicted molar refractivity (Wildman–Crippen MR) is 178 cm³/mol. The third-order valence-corrected chi connectivity index (χ3v) is 10.1. The number of rotatable bonds is 22. The third kappa shape index (κ3) is 9.81. The van der Waals surface area contributed by atoms with E-state index in [0.29, 0.717) is 12.0 Å². The molecule has 42 heavy (non-hydrogen) atoms. The lowest BCUT2D eigenvalue weighted by Gasteiger charge is -2.51. The van der Waals surface area contributed by atoms with Crippen LogP contribution in [0, 0.1) is 11.8 Å². The molecule has 2 aromatic rings. The molecule has 0 saturated carbocycles. The number of aromatic nitrogens is 1. The van der Waals surface area contributed by atoms with E-state index in [4.69, 9.17) is 9.47 Å². The number of methoxy groups -OCH3 is 1. The maximum absolute atomic E-state index is 6.85. The van der Waals surface area contributed by atoms with E-state index in [-0.39, 0.29) is 6.10 Å². The summed E-state index contributed by atoms with van der Waals surface area (Å²) in [5, 5.41) is 1.16. The number of hydrogen-bond donors (Lipinski definition) is 0. The second-order valence-corrected chi connectivity index (χ2v) is 13.1. The van der Waals surface area contributed by atoms with Gasteiger partial charge < -0.3 is 9.47 Å². The second kappa shape index (κ2) is 18.7. The van der Waals surface area contributed by atoms with Gasteiger partial charge in [0.1, 0.15) is 5.75 Å². The van der Waals surface area contributed by atoms with E-state index in [0.717, 1.165) is 42.1 Å². The molecule has 1 aromatic carbocycles. The molecule has 0 aliphatic carbocycles. The van der Waals surface area contributed by atoms with Crippen LogP contribution in [0.3, 0.4) is 0 Å². The van der Waals surface area contributed by atoms with Crippen molar-refractivity contribution in [2.75, 3.05) is 26.8 Å². The van der Waals surface area contributed by atoms with E-state index < -0.39 is 0 Å². The zero-order valence-corrected chi connectivity index (χ0v) is 27.0. The molecule has 0 radical (unpaired) electrons. The molecule has 234 valence electrons. The van der Waals surface area contributed by atoms with Gasteiger partial charge in [0.25, 0.3) is 0 Å². The topological polar surface area (TPSA) is 34.6 Å². The monoisotopic (exact) mass is 576 g/mol. The van der Waals surface area contributed by atoms with Crippen molar-refractivity contribution in [3.05, 3.63) is 48.7 Å². The van der Waals surface area contributed by atoms with Gasteiger partial charge in [0.05, 0.1) is 18.7 Å². The number of nitrogens with zero attached hydrogens (tertiary/aromatic N) is 2. The molecule has 2 bridgehead atoms. The summed E-state index contributed by atoms with van der Waals surface area (Å²) in [4.78, 5) is 7.34. The fourth-order valence-corrected chi connectivity index (χ4v) is 7.48. The molecule has 4 heterocycles. The molecule has 3 aliphatic heterocycles. The summed E-state index contributed by atoms with van der Waals surface area (Å²) >= 11 is 0. The molecule has 5 rings (SSSR count).